The lowest BCUT2D eigenvalue weighted by Gasteiger charge is -2.18. The van der Waals surface area contributed by atoms with Crippen molar-refractivity contribution >= 4 is 11.4 Å². The van der Waals surface area contributed by atoms with Crippen molar-refractivity contribution in [2.45, 2.75) is 41.2 Å². The minimum Gasteiger partial charge on any atom is -0.376 e. The number of anilines is 2. The zero-order chi connectivity index (χ0) is 17.0. The summed E-state index contributed by atoms with van der Waals surface area (Å²) >= 11 is 0. The molecule has 0 spiro atoms. The maximum atomic E-state index is 14.1. The molecule has 0 unspecified atom stereocenters. The quantitative estimate of drug-likeness (QED) is 0.758. The zero-order valence-electron chi connectivity index (χ0n) is 14.7. The largest absolute Gasteiger partial charge is 0.376 e. The lowest BCUT2D eigenvalue weighted by atomic mass is 9.99. The van der Waals surface area contributed by atoms with Crippen molar-refractivity contribution in [2.75, 3.05) is 11.9 Å². The van der Waals surface area contributed by atoms with E-state index in [1.165, 1.54) is 11.6 Å². The van der Waals surface area contributed by atoms with Crippen LogP contribution in [0.5, 0.6) is 0 Å². The predicted molar refractivity (Wildman–Crippen MR) is 94.7 cm³/mol. The highest BCUT2D eigenvalue weighted by atomic mass is 19.1. The highest BCUT2D eigenvalue weighted by Crippen LogP contribution is 2.25. The monoisotopic (exact) mass is 315 g/mol. The van der Waals surface area contributed by atoms with Gasteiger partial charge in [-0.3, -0.25) is 0 Å². The number of benzene rings is 2. The van der Waals surface area contributed by atoms with Gasteiger partial charge in [-0.1, -0.05) is 44.5 Å². The molecule has 0 aliphatic rings. The summed E-state index contributed by atoms with van der Waals surface area (Å²) in [7, 11) is 0. The number of rotatable bonds is 5. The van der Waals surface area contributed by atoms with Crippen LogP contribution < -0.4 is 5.32 Å². The Morgan fingerprint density at radius 3 is 2.39 bits per heavy atom. The van der Waals surface area contributed by atoms with E-state index < -0.39 is 0 Å². The van der Waals surface area contributed by atoms with Gasteiger partial charge in [-0.25, -0.2) is 4.39 Å². The molecule has 0 aliphatic carbocycles. The molecule has 3 heteroatoms. The number of aryl methyl sites for hydroxylation is 2. The number of ether oxygens (including phenoxy) is 1. The van der Waals surface area contributed by atoms with Gasteiger partial charge in [0.1, 0.15) is 5.82 Å². The molecule has 0 atom stereocenters. The SMILES string of the molecule is Cc1ccc(Nc2cc(COCC(C)(C)C)ccc2F)c(C)c1. The second kappa shape index (κ2) is 7.14. The van der Waals surface area contributed by atoms with Gasteiger partial charge in [0, 0.05) is 5.69 Å². The first kappa shape index (κ1) is 17.5. The molecule has 2 rings (SSSR count). The fraction of sp³-hybridized carbons (Fsp3) is 0.400. The molecule has 0 fully saturated rings. The summed E-state index contributed by atoms with van der Waals surface area (Å²) < 4.78 is 19.8. The first-order valence-electron chi connectivity index (χ1n) is 7.95. The average Bonchev–Trinajstić information content (AvgIpc) is 2.44. The third-order valence-corrected chi connectivity index (χ3v) is 3.49. The lowest BCUT2D eigenvalue weighted by molar-refractivity contribution is 0.0599. The Balaban J connectivity index is 2.11. The molecule has 124 valence electrons. The molecule has 2 aromatic rings. The van der Waals surface area contributed by atoms with E-state index in [9.17, 15) is 4.39 Å². The molecule has 2 nitrogen and oxygen atoms in total. The summed E-state index contributed by atoms with van der Waals surface area (Å²) in [5.41, 5.74) is 4.77. The first-order chi connectivity index (χ1) is 10.7. The number of halogens is 1. The fourth-order valence-electron chi connectivity index (χ4n) is 2.33. The molecular weight excluding hydrogens is 289 g/mol. The maximum Gasteiger partial charge on any atom is 0.146 e. The maximum absolute atomic E-state index is 14.1. The summed E-state index contributed by atoms with van der Waals surface area (Å²) in [5, 5.41) is 3.18. The van der Waals surface area contributed by atoms with Crippen molar-refractivity contribution in [3.63, 3.8) is 0 Å². The van der Waals surface area contributed by atoms with Crippen molar-refractivity contribution in [1.29, 1.82) is 0 Å². The smallest absolute Gasteiger partial charge is 0.146 e. The van der Waals surface area contributed by atoms with Crippen LogP contribution >= 0.6 is 0 Å². The standard InChI is InChI=1S/C20H26FNO/c1-14-6-9-18(15(2)10-14)22-19-11-16(7-8-17(19)21)12-23-13-20(3,4)5/h6-11,22H,12-13H2,1-5H3. The topological polar surface area (TPSA) is 21.3 Å². The number of nitrogens with one attached hydrogen (secondary N) is 1. The molecule has 23 heavy (non-hydrogen) atoms. The molecule has 0 bridgehead atoms. The summed E-state index contributed by atoms with van der Waals surface area (Å²) in [6.07, 6.45) is 0. The van der Waals surface area contributed by atoms with E-state index in [4.69, 9.17) is 4.74 Å². The second-order valence-corrected chi connectivity index (χ2v) is 7.31. The van der Waals surface area contributed by atoms with Crippen LogP contribution in [0.15, 0.2) is 36.4 Å². The Hall–Kier alpha value is -1.87. The van der Waals surface area contributed by atoms with Crippen molar-refractivity contribution in [1.82, 2.24) is 0 Å². The van der Waals surface area contributed by atoms with Crippen LogP contribution in [0.4, 0.5) is 15.8 Å². The molecule has 0 aromatic heterocycles. The molecule has 0 aliphatic heterocycles. The van der Waals surface area contributed by atoms with Gasteiger partial charge in [0.05, 0.1) is 18.9 Å². The van der Waals surface area contributed by atoms with Gasteiger partial charge in [0.2, 0.25) is 0 Å². The Morgan fingerprint density at radius 1 is 1.00 bits per heavy atom. The van der Waals surface area contributed by atoms with E-state index in [2.05, 4.69) is 32.2 Å². The molecule has 0 saturated carbocycles. The van der Waals surface area contributed by atoms with E-state index in [1.54, 1.807) is 6.07 Å². The van der Waals surface area contributed by atoms with Crippen LogP contribution in [0.25, 0.3) is 0 Å². The van der Waals surface area contributed by atoms with E-state index in [0.29, 0.717) is 18.9 Å². The van der Waals surface area contributed by atoms with E-state index in [0.717, 1.165) is 16.8 Å². The molecular formula is C20H26FNO. The molecule has 0 radical (unpaired) electrons. The first-order valence-corrected chi connectivity index (χ1v) is 7.95. The van der Waals surface area contributed by atoms with Gasteiger partial charge in [0.15, 0.2) is 0 Å². The third kappa shape index (κ3) is 5.36. The van der Waals surface area contributed by atoms with Crippen molar-refractivity contribution in [3.8, 4) is 0 Å². The molecule has 0 amide bonds. The molecule has 0 heterocycles. The van der Waals surface area contributed by atoms with Gasteiger partial charge in [0.25, 0.3) is 0 Å². The Morgan fingerprint density at radius 2 is 1.74 bits per heavy atom. The van der Waals surface area contributed by atoms with Gasteiger partial charge in [-0.15, -0.1) is 0 Å². The van der Waals surface area contributed by atoms with Crippen LogP contribution in [0.1, 0.15) is 37.5 Å². The molecule has 2 aromatic carbocycles. The minimum atomic E-state index is -0.260. The molecule has 0 saturated heterocycles. The minimum absolute atomic E-state index is 0.125. The van der Waals surface area contributed by atoms with Crippen LogP contribution in [0.3, 0.4) is 0 Å². The van der Waals surface area contributed by atoms with Crippen LogP contribution in [0.2, 0.25) is 0 Å². The zero-order valence-corrected chi connectivity index (χ0v) is 14.7. The Bertz CT molecular complexity index is 674. The molecule has 1 N–H and O–H groups in total. The predicted octanol–water partition coefficient (Wildman–Crippen LogP) is 5.75. The lowest BCUT2D eigenvalue weighted by Crippen LogP contribution is -2.14. The number of hydrogen-bond donors (Lipinski definition) is 1. The fourth-order valence-corrected chi connectivity index (χ4v) is 2.33. The van der Waals surface area contributed by atoms with E-state index >= 15 is 0 Å². The van der Waals surface area contributed by atoms with Gasteiger partial charge in [-0.2, -0.15) is 0 Å². The highest BCUT2D eigenvalue weighted by molar-refractivity contribution is 5.64. The summed E-state index contributed by atoms with van der Waals surface area (Å²) in [5.74, 6) is -0.260. The normalized spacial score (nSPS) is 11.6. The van der Waals surface area contributed by atoms with Crippen LogP contribution in [0, 0.1) is 25.1 Å². The third-order valence-electron chi connectivity index (χ3n) is 3.49. The Kier molecular flexibility index (Phi) is 5.42. The van der Waals surface area contributed by atoms with Crippen molar-refractivity contribution in [2.24, 2.45) is 5.41 Å². The Labute approximate surface area is 138 Å². The highest BCUT2D eigenvalue weighted by Gasteiger charge is 2.11. The second-order valence-electron chi connectivity index (χ2n) is 7.31. The summed E-state index contributed by atoms with van der Waals surface area (Å²) in [6.45, 7) is 11.6. The number of hydrogen-bond acceptors (Lipinski definition) is 2. The van der Waals surface area contributed by atoms with Crippen molar-refractivity contribution < 1.29 is 9.13 Å². The van der Waals surface area contributed by atoms with Crippen LogP contribution in [-0.4, -0.2) is 6.61 Å². The summed E-state index contributed by atoms with van der Waals surface area (Å²) in [6, 6.07) is 11.1. The van der Waals surface area contributed by atoms with Crippen molar-refractivity contribution in [3.05, 3.63) is 58.9 Å². The van der Waals surface area contributed by atoms with Gasteiger partial charge < -0.3 is 10.1 Å². The van der Waals surface area contributed by atoms with Gasteiger partial charge in [-0.05, 0) is 48.6 Å². The van der Waals surface area contributed by atoms with E-state index in [-0.39, 0.29) is 11.2 Å². The summed E-state index contributed by atoms with van der Waals surface area (Å²) in [4.78, 5) is 0. The average molecular weight is 315 g/mol. The van der Waals surface area contributed by atoms with Crippen LogP contribution in [-0.2, 0) is 11.3 Å². The van der Waals surface area contributed by atoms with E-state index in [1.807, 2.05) is 32.0 Å². The van der Waals surface area contributed by atoms with Gasteiger partial charge >= 0.3 is 0 Å².